The lowest BCUT2D eigenvalue weighted by molar-refractivity contribution is 0.0917. The van der Waals surface area contributed by atoms with E-state index in [1.165, 1.54) is 17.5 Å². The number of benzene rings is 1. The van der Waals surface area contributed by atoms with Crippen LogP contribution in [0.2, 0.25) is 0 Å². The number of hydrogen-bond donors (Lipinski definition) is 1. The average Bonchev–Trinajstić information content (AvgIpc) is 2.29. The van der Waals surface area contributed by atoms with E-state index in [1.807, 2.05) is 39.0 Å². The van der Waals surface area contributed by atoms with E-state index in [0.717, 1.165) is 18.4 Å². The summed E-state index contributed by atoms with van der Waals surface area (Å²) in [5, 5.41) is 3.04. The third-order valence-corrected chi connectivity index (χ3v) is 3.21. The summed E-state index contributed by atoms with van der Waals surface area (Å²) < 4.78 is 0. The van der Waals surface area contributed by atoms with Gasteiger partial charge >= 0.3 is 0 Å². The maximum absolute atomic E-state index is 11.8. The minimum Gasteiger partial charge on any atom is -0.349 e. The highest BCUT2D eigenvalue weighted by Gasteiger charge is 2.19. The van der Waals surface area contributed by atoms with Gasteiger partial charge in [-0.25, -0.2) is 0 Å². The van der Waals surface area contributed by atoms with Gasteiger partial charge in [0.15, 0.2) is 0 Å². The Kier molecular flexibility index (Phi) is 5.20. The molecule has 0 aromatic heterocycles. The molecule has 0 unspecified atom stereocenters. The van der Waals surface area contributed by atoms with E-state index in [1.54, 1.807) is 0 Å². The first-order valence-corrected chi connectivity index (χ1v) is 6.55. The highest BCUT2D eigenvalue weighted by molar-refractivity contribution is 5.94. The molecule has 0 saturated heterocycles. The highest BCUT2D eigenvalue weighted by atomic mass is 16.1. The molecule has 0 bridgehead atoms. The topological polar surface area (TPSA) is 29.1 Å². The van der Waals surface area contributed by atoms with Crippen LogP contribution in [0.25, 0.3) is 0 Å². The second-order valence-corrected chi connectivity index (χ2v) is 4.40. The number of carbonyl (C=O) groups excluding carboxylic acids is 1. The second-order valence-electron chi connectivity index (χ2n) is 4.40. The molecule has 1 fully saturated rings. The van der Waals surface area contributed by atoms with Gasteiger partial charge in [-0.05, 0) is 56.4 Å². The normalized spacial score (nSPS) is 14.4. The van der Waals surface area contributed by atoms with Gasteiger partial charge in [0.25, 0.3) is 5.91 Å². The summed E-state index contributed by atoms with van der Waals surface area (Å²) in [6.45, 7) is 8.10. The largest absolute Gasteiger partial charge is 0.349 e. The van der Waals surface area contributed by atoms with E-state index < -0.39 is 0 Å². The molecule has 0 aliphatic heterocycles. The molecule has 17 heavy (non-hydrogen) atoms. The van der Waals surface area contributed by atoms with Gasteiger partial charge in [0.1, 0.15) is 0 Å². The molecule has 2 heteroatoms. The van der Waals surface area contributed by atoms with Gasteiger partial charge in [0.05, 0.1) is 0 Å². The Hall–Kier alpha value is -1.31. The van der Waals surface area contributed by atoms with Crippen molar-refractivity contribution in [3.8, 4) is 0 Å². The summed E-state index contributed by atoms with van der Waals surface area (Å²) in [6, 6.07) is 6.28. The lowest BCUT2D eigenvalue weighted by Crippen LogP contribution is -2.39. The van der Waals surface area contributed by atoms with Crippen LogP contribution in [-0.2, 0) is 0 Å². The van der Waals surface area contributed by atoms with Gasteiger partial charge in [0.2, 0.25) is 0 Å². The number of carbonyl (C=O) groups is 1. The molecule has 1 aromatic rings. The lowest BCUT2D eigenvalue weighted by atomic mass is 9.93. The predicted molar refractivity (Wildman–Crippen MR) is 72.4 cm³/mol. The first-order valence-electron chi connectivity index (χ1n) is 6.55. The molecular formula is C15H23NO. The van der Waals surface area contributed by atoms with E-state index in [4.69, 9.17) is 0 Å². The van der Waals surface area contributed by atoms with Gasteiger partial charge in [-0.2, -0.15) is 0 Å². The number of rotatable bonds is 2. The van der Waals surface area contributed by atoms with Crippen molar-refractivity contribution in [3.05, 3.63) is 34.9 Å². The van der Waals surface area contributed by atoms with Crippen LogP contribution in [0.5, 0.6) is 0 Å². The van der Waals surface area contributed by atoms with Crippen molar-refractivity contribution in [2.75, 3.05) is 0 Å². The second kappa shape index (κ2) is 6.43. The van der Waals surface area contributed by atoms with Gasteiger partial charge in [0, 0.05) is 11.6 Å². The van der Waals surface area contributed by atoms with Crippen molar-refractivity contribution in [1.82, 2.24) is 5.32 Å². The standard InChI is InChI=1S/C13H17NO.C2H6/c1-9-6-7-11(8-10(9)2)13(15)14-12-4-3-5-12;1-2/h6-8,12H,3-5H2,1-2H3,(H,14,15);1-2H3. The fraction of sp³-hybridized carbons (Fsp3) is 0.533. The number of nitrogens with one attached hydrogen (secondary N) is 1. The zero-order chi connectivity index (χ0) is 12.8. The van der Waals surface area contributed by atoms with Crippen LogP contribution in [0, 0.1) is 13.8 Å². The zero-order valence-corrected chi connectivity index (χ0v) is 11.3. The maximum Gasteiger partial charge on any atom is 0.251 e. The van der Waals surface area contributed by atoms with Crippen molar-refractivity contribution in [2.24, 2.45) is 0 Å². The van der Waals surface area contributed by atoms with E-state index >= 15 is 0 Å². The van der Waals surface area contributed by atoms with Crippen LogP contribution in [0.15, 0.2) is 18.2 Å². The molecule has 1 N–H and O–H groups in total. The van der Waals surface area contributed by atoms with Gasteiger partial charge in [-0.3, -0.25) is 4.79 Å². The minimum absolute atomic E-state index is 0.0720. The van der Waals surface area contributed by atoms with Gasteiger partial charge in [-0.1, -0.05) is 19.9 Å². The Bertz CT molecular complexity index is 381. The van der Waals surface area contributed by atoms with Crippen molar-refractivity contribution < 1.29 is 4.79 Å². The Morgan fingerprint density at radius 1 is 1.18 bits per heavy atom. The molecule has 1 saturated carbocycles. The van der Waals surface area contributed by atoms with Crippen LogP contribution >= 0.6 is 0 Å². The van der Waals surface area contributed by atoms with Gasteiger partial charge < -0.3 is 5.32 Å². The maximum atomic E-state index is 11.8. The van der Waals surface area contributed by atoms with Crippen LogP contribution in [-0.4, -0.2) is 11.9 Å². The van der Waals surface area contributed by atoms with Crippen LogP contribution in [0.1, 0.15) is 54.6 Å². The summed E-state index contributed by atoms with van der Waals surface area (Å²) in [7, 11) is 0. The first-order chi connectivity index (χ1) is 8.16. The Morgan fingerprint density at radius 2 is 1.82 bits per heavy atom. The fourth-order valence-corrected chi connectivity index (χ4v) is 1.70. The molecule has 1 amide bonds. The van der Waals surface area contributed by atoms with Crippen molar-refractivity contribution in [2.45, 2.75) is 53.0 Å². The third-order valence-electron chi connectivity index (χ3n) is 3.21. The lowest BCUT2D eigenvalue weighted by Gasteiger charge is -2.26. The predicted octanol–water partition coefficient (Wildman–Crippen LogP) is 3.61. The van der Waals surface area contributed by atoms with E-state index in [-0.39, 0.29) is 5.91 Å². The van der Waals surface area contributed by atoms with E-state index in [2.05, 4.69) is 12.2 Å². The molecule has 0 spiro atoms. The molecule has 0 heterocycles. The molecule has 94 valence electrons. The minimum atomic E-state index is 0.0720. The average molecular weight is 233 g/mol. The molecule has 1 aliphatic rings. The van der Waals surface area contributed by atoms with Crippen LogP contribution in [0.4, 0.5) is 0 Å². The van der Waals surface area contributed by atoms with Crippen molar-refractivity contribution in [3.63, 3.8) is 0 Å². The molecule has 2 nitrogen and oxygen atoms in total. The SMILES string of the molecule is CC.Cc1ccc(C(=O)NC2CCC2)cc1C. The summed E-state index contributed by atoms with van der Waals surface area (Å²) in [4.78, 5) is 11.8. The fourth-order valence-electron chi connectivity index (χ4n) is 1.70. The Balaban J connectivity index is 0.000000686. The molecule has 1 aliphatic carbocycles. The number of aryl methyl sites for hydroxylation is 2. The Morgan fingerprint density at radius 3 is 2.29 bits per heavy atom. The smallest absolute Gasteiger partial charge is 0.251 e. The highest BCUT2D eigenvalue weighted by Crippen LogP contribution is 2.19. The molecule has 1 aromatic carbocycles. The zero-order valence-electron chi connectivity index (χ0n) is 11.3. The molecule has 2 rings (SSSR count). The van der Waals surface area contributed by atoms with Crippen LogP contribution in [0.3, 0.4) is 0 Å². The summed E-state index contributed by atoms with van der Waals surface area (Å²) >= 11 is 0. The summed E-state index contributed by atoms with van der Waals surface area (Å²) in [5.41, 5.74) is 3.19. The molecular weight excluding hydrogens is 210 g/mol. The number of amides is 1. The summed E-state index contributed by atoms with van der Waals surface area (Å²) in [6.07, 6.45) is 3.52. The van der Waals surface area contributed by atoms with Crippen LogP contribution < -0.4 is 5.32 Å². The Labute approximate surface area is 104 Å². The number of hydrogen-bond acceptors (Lipinski definition) is 1. The first kappa shape index (κ1) is 13.8. The summed E-state index contributed by atoms with van der Waals surface area (Å²) in [5.74, 6) is 0.0720. The van der Waals surface area contributed by atoms with Crippen molar-refractivity contribution in [1.29, 1.82) is 0 Å². The quantitative estimate of drug-likeness (QED) is 0.830. The molecule has 0 radical (unpaired) electrons. The third kappa shape index (κ3) is 3.58. The molecule has 0 atom stereocenters. The monoisotopic (exact) mass is 233 g/mol. The van der Waals surface area contributed by atoms with Crippen molar-refractivity contribution >= 4 is 5.91 Å². The van der Waals surface area contributed by atoms with Gasteiger partial charge in [-0.15, -0.1) is 0 Å². The van der Waals surface area contributed by atoms with E-state index in [0.29, 0.717) is 6.04 Å². The van der Waals surface area contributed by atoms with E-state index in [9.17, 15) is 4.79 Å².